The molecule has 0 aliphatic carbocycles. The van der Waals surface area contributed by atoms with Gasteiger partial charge < -0.3 is 15.4 Å². The van der Waals surface area contributed by atoms with Crippen molar-refractivity contribution in [3.63, 3.8) is 0 Å². The normalized spacial score (nSPS) is 20.2. The van der Waals surface area contributed by atoms with Gasteiger partial charge in [-0.1, -0.05) is 36.4 Å². The first kappa shape index (κ1) is 22.2. The number of hydrogen-bond donors (Lipinski definition) is 2. The van der Waals surface area contributed by atoms with Crippen LogP contribution in [0.15, 0.2) is 53.5 Å². The van der Waals surface area contributed by atoms with E-state index in [0.717, 1.165) is 37.6 Å². The topological polar surface area (TPSA) is 48.9 Å². The number of morpholine rings is 1. The minimum absolute atomic E-state index is 0.198. The second-order valence-corrected chi connectivity index (χ2v) is 7.95. The highest BCUT2D eigenvalue weighted by Crippen LogP contribution is 2.17. The minimum Gasteiger partial charge on any atom is -0.373 e. The molecule has 1 fully saturated rings. The molecule has 0 bridgehead atoms. The van der Waals surface area contributed by atoms with Gasteiger partial charge in [-0.15, -0.1) is 0 Å². The molecule has 1 aliphatic rings. The maximum atomic E-state index is 13.3. The summed E-state index contributed by atoms with van der Waals surface area (Å²) in [6, 6.07) is 15.2. The molecule has 6 heteroatoms. The summed E-state index contributed by atoms with van der Waals surface area (Å²) in [7, 11) is 1.76. The van der Waals surface area contributed by atoms with Crippen LogP contribution in [0.1, 0.15) is 30.5 Å². The third-order valence-corrected chi connectivity index (χ3v) is 5.27. The number of ether oxygens (including phenoxy) is 1. The van der Waals surface area contributed by atoms with Crippen LogP contribution in [0.3, 0.4) is 0 Å². The molecule has 2 N–H and O–H groups in total. The average Bonchev–Trinajstić information content (AvgIpc) is 2.71. The summed E-state index contributed by atoms with van der Waals surface area (Å²) in [4.78, 5) is 6.77. The summed E-state index contributed by atoms with van der Waals surface area (Å²) in [6.07, 6.45) is 1.27. The Bertz CT molecular complexity index is 831. The van der Waals surface area contributed by atoms with E-state index in [9.17, 15) is 4.39 Å². The molecule has 162 valence electrons. The molecule has 1 heterocycles. The van der Waals surface area contributed by atoms with Crippen LogP contribution in [0.4, 0.5) is 4.39 Å². The van der Waals surface area contributed by atoms with Gasteiger partial charge in [-0.05, 0) is 49.1 Å². The van der Waals surface area contributed by atoms with Gasteiger partial charge in [0.2, 0.25) is 0 Å². The average molecular weight is 413 g/mol. The van der Waals surface area contributed by atoms with Gasteiger partial charge >= 0.3 is 0 Å². The van der Waals surface area contributed by atoms with Gasteiger partial charge in [0.05, 0.1) is 12.2 Å². The highest BCUT2D eigenvalue weighted by atomic mass is 19.1. The molecule has 0 spiro atoms. The number of aliphatic imine (C=N–C) groups is 1. The minimum atomic E-state index is -0.198. The molecule has 0 aromatic heterocycles. The summed E-state index contributed by atoms with van der Waals surface area (Å²) in [5.74, 6) is 0.547. The van der Waals surface area contributed by atoms with Crippen molar-refractivity contribution >= 4 is 5.96 Å². The predicted octanol–water partition coefficient (Wildman–Crippen LogP) is 3.34. The molecule has 1 aliphatic heterocycles. The first-order chi connectivity index (χ1) is 14.5. The molecular weight excluding hydrogens is 379 g/mol. The Labute approximate surface area is 179 Å². The van der Waals surface area contributed by atoms with Gasteiger partial charge in [-0.25, -0.2) is 4.39 Å². The number of rotatable bonds is 7. The maximum absolute atomic E-state index is 13.3. The van der Waals surface area contributed by atoms with Crippen LogP contribution >= 0.6 is 0 Å². The molecule has 2 unspecified atom stereocenters. The van der Waals surface area contributed by atoms with E-state index in [1.165, 1.54) is 17.2 Å². The summed E-state index contributed by atoms with van der Waals surface area (Å²) < 4.78 is 19.2. The standard InChI is InChI=1S/C24H33FN4O/c1-18-15-29(16-19(2)30-18)17-22-9-5-4-8-21(22)14-28-24(26-3)27-12-11-20-7-6-10-23(25)13-20/h4-10,13,18-19H,11-12,14-17H2,1-3H3,(H2,26,27,28). The van der Waals surface area contributed by atoms with Crippen molar-refractivity contribution in [1.29, 1.82) is 0 Å². The van der Waals surface area contributed by atoms with Crippen molar-refractivity contribution in [3.05, 3.63) is 71.0 Å². The van der Waals surface area contributed by atoms with E-state index >= 15 is 0 Å². The second kappa shape index (κ2) is 11.1. The van der Waals surface area contributed by atoms with Crippen LogP contribution in [0.2, 0.25) is 0 Å². The SMILES string of the molecule is CN=C(NCCc1cccc(F)c1)NCc1ccccc1CN1CC(C)OC(C)C1. The predicted molar refractivity (Wildman–Crippen MR) is 120 cm³/mol. The van der Waals surface area contributed by atoms with E-state index in [1.807, 2.05) is 6.07 Å². The Hall–Kier alpha value is -2.44. The summed E-state index contributed by atoms with van der Waals surface area (Å²) in [5.41, 5.74) is 3.55. The zero-order chi connectivity index (χ0) is 21.3. The Morgan fingerprint density at radius 3 is 2.50 bits per heavy atom. The number of nitrogens with one attached hydrogen (secondary N) is 2. The first-order valence-corrected chi connectivity index (χ1v) is 10.7. The van der Waals surface area contributed by atoms with Crippen LogP contribution in [0.25, 0.3) is 0 Å². The van der Waals surface area contributed by atoms with Gasteiger partial charge in [-0.2, -0.15) is 0 Å². The van der Waals surface area contributed by atoms with Gasteiger partial charge in [0.25, 0.3) is 0 Å². The van der Waals surface area contributed by atoms with Crippen molar-refractivity contribution in [1.82, 2.24) is 15.5 Å². The molecule has 0 radical (unpaired) electrons. The molecule has 2 aromatic rings. The zero-order valence-electron chi connectivity index (χ0n) is 18.2. The van der Waals surface area contributed by atoms with Gasteiger partial charge in [0.1, 0.15) is 5.82 Å². The fourth-order valence-corrected chi connectivity index (χ4v) is 3.96. The molecule has 0 saturated carbocycles. The molecule has 0 amide bonds. The van der Waals surface area contributed by atoms with Crippen molar-refractivity contribution < 1.29 is 9.13 Å². The number of benzene rings is 2. The molecule has 3 rings (SSSR count). The van der Waals surface area contributed by atoms with E-state index in [-0.39, 0.29) is 18.0 Å². The quantitative estimate of drug-likeness (QED) is 0.541. The lowest BCUT2D eigenvalue weighted by Crippen LogP contribution is -2.45. The third kappa shape index (κ3) is 6.82. The van der Waals surface area contributed by atoms with Crippen LogP contribution in [0.5, 0.6) is 0 Å². The number of guanidine groups is 1. The highest BCUT2D eigenvalue weighted by molar-refractivity contribution is 5.79. The van der Waals surface area contributed by atoms with Crippen LogP contribution in [-0.2, 0) is 24.2 Å². The van der Waals surface area contributed by atoms with Crippen molar-refractivity contribution in [2.75, 3.05) is 26.7 Å². The third-order valence-electron chi connectivity index (χ3n) is 5.27. The Morgan fingerprint density at radius 2 is 1.80 bits per heavy atom. The maximum Gasteiger partial charge on any atom is 0.191 e. The lowest BCUT2D eigenvalue weighted by Gasteiger charge is -2.35. The van der Waals surface area contributed by atoms with Crippen LogP contribution in [0, 0.1) is 5.82 Å². The van der Waals surface area contributed by atoms with E-state index in [2.05, 4.69) is 58.6 Å². The largest absolute Gasteiger partial charge is 0.373 e. The number of halogens is 1. The summed E-state index contributed by atoms with van der Waals surface area (Å²) in [5, 5.41) is 6.71. The Kier molecular flexibility index (Phi) is 8.22. The van der Waals surface area contributed by atoms with E-state index in [4.69, 9.17) is 4.74 Å². The summed E-state index contributed by atoms with van der Waals surface area (Å²) >= 11 is 0. The molecule has 2 aromatic carbocycles. The van der Waals surface area contributed by atoms with Gasteiger partial charge in [0.15, 0.2) is 5.96 Å². The molecule has 2 atom stereocenters. The first-order valence-electron chi connectivity index (χ1n) is 10.7. The molecule has 5 nitrogen and oxygen atoms in total. The Morgan fingerprint density at radius 1 is 1.07 bits per heavy atom. The number of nitrogens with zero attached hydrogens (tertiary/aromatic N) is 2. The lowest BCUT2D eigenvalue weighted by atomic mass is 10.1. The Balaban J connectivity index is 1.51. The van der Waals surface area contributed by atoms with Crippen LogP contribution in [-0.4, -0.2) is 49.7 Å². The lowest BCUT2D eigenvalue weighted by molar-refractivity contribution is -0.0705. The number of hydrogen-bond acceptors (Lipinski definition) is 3. The monoisotopic (exact) mass is 412 g/mol. The van der Waals surface area contributed by atoms with E-state index < -0.39 is 0 Å². The molecule has 1 saturated heterocycles. The van der Waals surface area contributed by atoms with Crippen LogP contribution < -0.4 is 10.6 Å². The van der Waals surface area contributed by atoms with Crippen molar-refractivity contribution in [2.24, 2.45) is 4.99 Å². The molecular formula is C24H33FN4O. The van der Waals surface area contributed by atoms with Crippen molar-refractivity contribution in [2.45, 2.75) is 45.6 Å². The van der Waals surface area contributed by atoms with E-state index in [0.29, 0.717) is 13.1 Å². The highest BCUT2D eigenvalue weighted by Gasteiger charge is 2.22. The summed E-state index contributed by atoms with van der Waals surface area (Å²) in [6.45, 7) is 8.48. The molecule has 30 heavy (non-hydrogen) atoms. The fourth-order valence-electron chi connectivity index (χ4n) is 3.96. The smallest absolute Gasteiger partial charge is 0.191 e. The second-order valence-electron chi connectivity index (χ2n) is 7.95. The van der Waals surface area contributed by atoms with E-state index in [1.54, 1.807) is 19.2 Å². The zero-order valence-corrected chi connectivity index (χ0v) is 18.2. The fraction of sp³-hybridized carbons (Fsp3) is 0.458. The van der Waals surface area contributed by atoms with Gasteiger partial charge in [-0.3, -0.25) is 9.89 Å². The van der Waals surface area contributed by atoms with Crippen molar-refractivity contribution in [3.8, 4) is 0 Å². The van der Waals surface area contributed by atoms with Gasteiger partial charge in [0, 0.05) is 39.8 Å².